The van der Waals surface area contributed by atoms with Crippen molar-refractivity contribution in [1.82, 2.24) is 4.98 Å². The molecular weight excluding hydrogens is 334 g/mol. The molecule has 0 unspecified atom stereocenters. The predicted molar refractivity (Wildman–Crippen MR) is 108 cm³/mol. The molecule has 3 heterocycles. The van der Waals surface area contributed by atoms with Gasteiger partial charge in [-0.1, -0.05) is 25.3 Å². The van der Waals surface area contributed by atoms with Crippen molar-refractivity contribution in [3.63, 3.8) is 0 Å². The molecular formula is C23H35N3O. The van der Waals surface area contributed by atoms with Crippen molar-refractivity contribution in [1.29, 1.82) is 0 Å². The molecule has 4 nitrogen and oxygen atoms in total. The lowest BCUT2D eigenvalue weighted by atomic mass is 9.51. The smallest absolute Gasteiger partial charge is 0.123 e. The highest BCUT2D eigenvalue weighted by Crippen LogP contribution is 2.61. The predicted octanol–water partition coefficient (Wildman–Crippen LogP) is 4.08. The Morgan fingerprint density at radius 3 is 2.85 bits per heavy atom. The standard InChI is InChI=1S/C23H35N3O/c1-22-9-3-5-17-12-23(27-22,13-19(24)21(17)22)18-6-2-4-15(11-18)10-16-7-8-20(25)26-14-16/h7-8,14-15,17-19,21H,2-6,9-13,24H2,1H3,(H2,25,26)/t15-,17+,18-,19-,21+,22+,23-/m0/s1. The SMILES string of the molecule is C[C@@]12CCC[C@@H]3C[C@@]([C@H]4CCC[C@@H](Cc5ccc(N)nc5)C4)(C[C@H](N)[C@@H]31)O2. The van der Waals surface area contributed by atoms with E-state index in [1.54, 1.807) is 0 Å². The first-order valence-corrected chi connectivity index (χ1v) is 11.1. The molecule has 3 saturated carbocycles. The van der Waals surface area contributed by atoms with Crippen LogP contribution in [0.15, 0.2) is 18.3 Å². The molecule has 1 aromatic rings. The van der Waals surface area contributed by atoms with Crippen molar-refractivity contribution in [2.24, 2.45) is 29.4 Å². The van der Waals surface area contributed by atoms with Crippen molar-refractivity contribution in [2.75, 3.05) is 5.73 Å². The van der Waals surface area contributed by atoms with Crippen molar-refractivity contribution in [3.8, 4) is 0 Å². The summed E-state index contributed by atoms with van der Waals surface area (Å²) in [5, 5.41) is 0. The van der Waals surface area contributed by atoms with Crippen LogP contribution in [0, 0.1) is 23.7 Å². The van der Waals surface area contributed by atoms with E-state index >= 15 is 0 Å². The van der Waals surface area contributed by atoms with Crippen molar-refractivity contribution in [3.05, 3.63) is 23.9 Å². The Labute approximate surface area is 163 Å². The second-order valence-electron chi connectivity index (χ2n) is 10.3. The summed E-state index contributed by atoms with van der Waals surface area (Å²) in [6.45, 7) is 2.37. The molecule has 0 radical (unpaired) electrons. The number of nitrogens with zero attached hydrogens (tertiary/aromatic N) is 1. The first-order valence-electron chi connectivity index (χ1n) is 11.1. The lowest BCUT2D eigenvalue weighted by Gasteiger charge is -2.66. The zero-order valence-corrected chi connectivity index (χ0v) is 16.7. The molecule has 5 aliphatic rings. The molecule has 5 fully saturated rings. The summed E-state index contributed by atoms with van der Waals surface area (Å²) in [5.74, 6) is 3.40. The van der Waals surface area contributed by atoms with Gasteiger partial charge in [-0.3, -0.25) is 0 Å². The minimum Gasteiger partial charge on any atom is -0.384 e. The molecule has 2 saturated heterocycles. The fourth-order valence-electron chi connectivity index (χ4n) is 7.57. The van der Waals surface area contributed by atoms with Gasteiger partial charge >= 0.3 is 0 Å². The van der Waals surface area contributed by atoms with Crippen LogP contribution in [0.3, 0.4) is 0 Å². The number of nitrogens with two attached hydrogens (primary N) is 2. The summed E-state index contributed by atoms with van der Waals surface area (Å²) in [4.78, 5) is 4.28. The molecule has 6 rings (SSSR count). The maximum absolute atomic E-state index is 7.05. The lowest BCUT2D eigenvalue weighted by Crippen LogP contribution is -2.71. The van der Waals surface area contributed by atoms with Gasteiger partial charge in [-0.05, 0) is 81.3 Å². The maximum atomic E-state index is 7.05. The third-order valence-electron chi connectivity index (χ3n) is 8.45. The second-order valence-corrected chi connectivity index (χ2v) is 10.3. The van der Waals surface area contributed by atoms with Crippen LogP contribution in [0.25, 0.3) is 0 Å². The number of pyridine rings is 1. The fourth-order valence-corrected chi connectivity index (χ4v) is 7.57. The van der Waals surface area contributed by atoms with E-state index in [1.165, 1.54) is 56.9 Å². The Balaban J connectivity index is 1.35. The number of hydrogen-bond acceptors (Lipinski definition) is 4. The number of nitrogen functional groups attached to an aromatic ring is 1. The average Bonchev–Trinajstić information content (AvgIpc) is 2.63. The summed E-state index contributed by atoms with van der Waals surface area (Å²) < 4.78 is 7.05. The second kappa shape index (κ2) is 6.45. The van der Waals surface area contributed by atoms with Crippen LogP contribution in [-0.2, 0) is 11.2 Å². The molecule has 4 bridgehead atoms. The van der Waals surface area contributed by atoms with Gasteiger partial charge in [-0.15, -0.1) is 0 Å². The van der Waals surface area contributed by atoms with Gasteiger partial charge in [0.1, 0.15) is 5.82 Å². The molecule has 0 aromatic carbocycles. The van der Waals surface area contributed by atoms with Gasteiger partial charge in [0.2, 0.25) is 0 Å². The van der Waals surface area contributed by atoms with Gasteiger partial charge in [0.25, 0.3) is 0 Å². The number of hydrogen-bond donors (Lipinski definition) is 2. The highest BCUT2D eigenvalue weighted by atomic mass is 16.5. The van der Waals surface area contributed by atoms with E-state index in [-0.39, 0.29) is 11.2 Å². The molecule has 3 aliphatic carbocycles. The molecule has 0 spiro atoms. The van der Waals surface area contributed by atoms with Crippen molar-refractivity contribution < 1.29 is 4.74 Å². The van der Waals surface area contributed by atoms with Crippen LogP contribution in [0.2, 0.25) is 0 Å². The van der Waals surface area contributed by atoms with E-state index in [0.29, 0.717) is 23.7 Å². The summed E-state index contributed by atoms with van der Waals surface area (Å²) in [6.07, 6.45) is 14.6. The van der Waals surface area contributed by atoms with Crippen LogP contribution in [-0.4, -0.2) is 22.2 Å². The van der Waals surface area contributed by atoms with Gasteiger partial charge in [0.15, 0.2) is 0 Å². The number of fused-ring (bicyclic) bond motifs is 1. The Hall–Kier alpha value is -1.13. The average molecular weight is 370 g/mol. The molecule has 2 aliphatic heterocycles. The lowest BCUT2D eigenvalue weighted by molar-refractivity contribution is -0.306. The van der Waals surface area contributed by atoms with Crippen LogP contribution >= 0.6 is 0 Å². The van der Waals surface area contributed by atoms with E-state index in [9.17, 15) is 0 Å². The highest BCUT2D eigenvalue weighted by molar-refractivity contribution is 5.29. The van der Waals surface area contributed by atoms with Crippen LogP contribution in [0.1, 0.15) is 70.3 Å². The molecule has 27 heavy (non-hydrogen) atoms. The summed E-state index contributed by atoms with van der Waals surface area (Å²) in [7, 11) is 0. The summed E-state index contributed by atoms with van der Waals surface area (Å²) in [6, 6.07) is 4.42. The van der Waals surface area contributed by atoms with E-state index in [0.717, 1.165) is 24.7 Å². The molecule has 0 amide bonds. The van der Waals surface area contributed by atoms with E-state index in [4.69, 9.17) is 16.2 Å². The first kappa shape index (κ1) is 17.9. The van der Waals surface area contributed by atoms with Crippen LogP contribution < -0.4 is 11.5 Å². The third-order valence-corrected chi connectivity index (χ3v) is 8.45. The largest absolute Gasteiger partial charge is 0.384 e. The number of aromatic nitrogens is 1. The van der Waals surface area contributed by atoms with Gasteiger partial charge in [0.05, 0.1) is 11.2 Å². The minimum absolute atomic E-state index is 0.0344. The summed E-state index contributed by atoms with van der Waals surface area (Å²) >= 11 is 0. The van der Waals surface area contributed by atoms with Crippen LogP contribution in [0.4, 0.5) is 5.82 Å². The van der Waals surface area contributed by atoms with E-state index in [2.05, 4.69) is 18.0 Å². The minimum atomic E-state index is 0.0344. The zero-order chi connectivity index (χ0) is 18.6. The highest BCUT2D eigenvalue weighted by Gasteiger charge is 2.63. The Morgan fingerprint density at radius 1 is 1.19 bits per heavy atom. The first-order chi connectivity index (χ1) is 13.0. The van der Waals surface area contributed by atoms with E-state index < -0.39 is 0 Å². The van der Waals surface area contributed by atoms with E-state index in [1.807, 2.05) is 12.3 Å². The number of anilines is 1. The summed E-state index contributed by atoms with van der Waals surface area (Å²) in [5.41, 5.74) is 13.9. The van der Waals surface area contributed by atoms with Gasteiger partial charge in [-0.2, -0.15) is 0 Å². The molecule has 4 N–H and O–H groups in total. The Kier molecular flexibility index (Phi) is 4.28. The normalized spacial score (nSPS) is 46.4. The van der Waals surface area contributed by atoms with Gasteiger partial charge < -0.3 is 16.2 Å². The molecule has 7 atom stereocenters. The monoisotopic (exact) mass is 369 g/mol. The Morgan fingerprint density at radius 2 is 2.07 bits per heavy atom. The number of rotatable bonds is 3. The van der Waals surface area contributed by atoms with Crippen LogP contribution in [0.5, 0.6) is 0 Å². The zero-order valence-electron chi connectivity index (χ0n) is 16.7. The number of ether oxygens (including phenoxy) is 1. The fraction of sp³-hybridized carbons (Fsp3) is 0.783. The molecule has 148 valence electrons. The topological polar surface area (TPSA) is 74.2 Å². The van der Waals surface area contributed by atoms with Crippen molar-refractivity contribution in [2.45, 2.75) is 88.4 Å². The third kappa shape index (κ3) is 3.00. The molecule has 4 heteroatoms. The Bertz CT molecular complexity index is 691. The van der Waals surface area contributed by atoms with Gasteiger partial charge in [0, 0.05) is 18.2 Å². The van der Waals surface area contributed by atoms with Gasteiger partial charge in [-0.25, -0.2) is 4.98 Å². The quantitative estimate of drug-likeness (QED) is 0.842. The molecule has 1 aromatic heterocycles. The van der Waals surface area contributed by atoms with Crippen molar-refractivity contribution >= 4 is 5.82 Å². The maximum Gasteiger partial charge on any atom is 0.123 e.